The van der Waals surface area contributed by atoms with Crippen LogP contribution < -0.4 is 9.62 Å². The first-order chi connectivity index (χ1) is 15.8. The summed E-state index contributed by atoms with van der Waals surface area (Å²) in [5.41, 5.74) is -2.43. The SMILES string of the molecule is FC(F)(F)SNc1nnc2n1C(c1ccc(Br)cc1)c1cncnc1N2c1cccc(Cl)c1. The molecule has 5 rings (SSSR count). The Labute approximate surface area is 203 Å². The molecule has 0 saturated carbocycles. The molecule has 7 nitrogen and oxygen atoms in total. The molecule has 1 N–H and O–H groups in total. The van der Waals surface area contributed by atoms with E-state index in [1.807, 2.05) is 24.3 Å². The fourth-order valence-electron chi connectivity index (χ4n) is 3.62. The molecule has 3 heterocycles. The monoisotopic (exact) mass is 553 g/mol. The lowest BCUT2D eigenvalue weighted by Gasteiger charge is -2.35. The summed E-state index contributed by atoms with van der Waals surface area (Å²) < 4.78 is 43.6. The maximum absolute atomic E-state index is 13.0. The predicted octanol–water partition coefficient (Wildman–Crippen LogP) is 6.48. The second-order valence-electron chi connectivity index (χ2n) is 6.91. The van der Waals surface area contributed by atoms with Crippen LogP contribution in [0.15, 0.2) is 65.5 Å². The molecule has 0 saturated heterocycles. The van der Waals surface area contributed by atoms with Crippen molar-refractivity contribution in [2.45, 2.75) is 11.6 Å². The molecule has 33 heavy (non-hydrogen) atoms. The van der Waals surface area contributed by atoms with Crippen LogP contribution in [0.1, 0.15) is 17.2 Å². The van der Waals surface area contributed by atoms with Crippen LogP contribution in [0.4, 0.5) is 36.6 Å². The van der Waals surface area contributed by atoms with Crippen molar-refractivity contribution in [3.05, 3.63) is 81.7 Å². The number of rotatable bonds is 4. The van der Waals surface area contributed by atoms with E-state index in [2.05, 4.69) is 40.8 Å². The molecular formula is C20H12BrClF3N7S. The van der Waals surface area contributed by atoms with Gasteiger partial charge in [0.15, 0.2) is 0 Å². The van der Waals surface area contributed by atoms with Crippen molar-refractivity contribution in [1.82, 2.24) is 24.7 Å². The number of hydrogen-bond donors (Lipinski definition) is 1. The van der Waals surface area contributed by atoms with E-state index in [0.717, 1.165) is 10.0 Å². The second-order valence-corrected chi connectivity index (χ2v) is 9.14. The molecule has 1 aliphatic rings. The van der Waals surface area contributed by atoms with Gasteiger partial charge in [0.1, 0.15) is 12.1 Å². The van der Waals surface area contributed by atoms with Gasteiger partial charge < -0.3 is 0 Å². The molecule has 0 spiro atoms. The van der Waals surface area contributed by atoms with Gasteiger partial charge in [-0.05, 0) is 35.9 Å². The zero-order valence-electron chi connectivity index (χ0n) is 16.3. The first-order valence-corrected chi connectivity index (χ1v) is 11.4. The van der Waals surface area contributed by atoms with Crippen LogP contribution in [0.5, 0.6) is 0 Å². The third-order valence-electron chi connectivity index (χ3n) is 4.87. The van der Waals surface area contributed by atoms with E-state index < -0.39 is 23.5 Å². The number of nitrogens with zero attached hydrogens (tertiary/aromatic N) is 6. The Morgan fingerprint density at radius 1 is 1.09 bits per heavy atom. The van der Waals surface area contributed by atoms with Gasteiger partial charge in [-0.15, -0.1) is 10.2 Å². The molecule has 0 bridgehead atoms. The Bertz CT molecular complexity index is 1320. The minimum Gasteiger partial charge on any atom is -0.291 e. The molecule has 1 unspecified atom stereocenters. The number of anilines is 4. The zero-order chi connectivity index (χ0) is 23.2. The van der Waals surface area contributed by atoms with Crippen LogP contribution in [0, 0.1) is 0 Å². The molecule has 2 aromatic carbocycles. The van der Waals surface area contributed by atoms with Crippen LogP contribution >= 0.6 is 39.5 Å². The number of nitrogens with one attached hydrogen (secondary N) is 1. The van der Waals surface area contributed by atoms with Crippen LogP contribution in [-0.2, 0) is 0 Å². The van der Waals surface area contributed by atoms with Crippen molar-refractivity contribution < 1.29 is 13.2 Å². The zero-order valence-corrected chi connectivity index (χ0v) is 19.5. The van der Waals surface area contributed by atoms with E-state index in [-0.39, 0.29) is 11.9 Å². The molecule has 4 aromatic rings. The Hall–Kier alpha value is -2.83. The molecule has 0 radical (unpaired) electrons. The quantitative estimate of drug-likeness (QED) is 0.255. The van der Waals surface area contributed by atoms with Crippen molar-refractivity contribution in [3.63, 3.8) is 0 Å². The summed E-state index contributed by atoms with van der Waals surface area (Å²) in [7, 11) is 0. The Balaban J connectivity index is 1.74. The number of alkyl halides is 3. The van der Waals surface area contributed by atoms with E-state index in [0.29, 0.717) is 22.1 Å². The molecule has 2 aromatic heterocycles. The summed E-state index contributed by atoms with van der Waals surface area (Å²) in [5, 5.41) is 8.73. The van der Waals surface area contributed by atoms with Gasteiger partial charge >= 0.3 is 5.51 Å². The Kier molecular flexibility index (Phi) is 5.67. The average molecular weight is 555 g/mol. The van der Waals surface area contributed by atoms with Gasteiger partial charge in [-0.2, -0.15) is 13.2 Å². The van der Waals surface area contributed by atoms with Crippen molar-refractivity contribution in [3.8, 4) is 0 Å². The van der Waals surface area contributed by atoms with Crippen molar-refractivity contribution in [2.24, 2.45) is 0 Å². The molecule has 1 atom stereocenters. The van der Waals surface area contributed by atoms with Gasteiger partial charge in [0, 0.05) is 21.3 Å². The summed E-state index contributed by atoms with van der Waals surface area (Å²) in [6, 6.07) is 13.9. The highest BCUT2D eigenvalue weighted by Gasteiger charge is 2.38. The van der Waals surface area contributed by atoms with Gasteiger partial charge in [-0.1, -0.05) is 45.7 Å². The van der Waals surface area contributed by atoms with Crippen LogP contribution in [-0.4, -0.2) is 30.2 Å². The van der Waals surface area contributed by atoms with Crippen LogP contribution in [0.25, 0.3) is 0 Å². The number of benzene rings is 2. The van der Waals surface area contributed by atoms with Gasteiger partial charge in [0.2, 0.25) is 11.9 Å². The molecular weight excluding hydrogens is 543 g/mol. The summed E-state index contributed by atoms with van der Waals surface area (Å²) in [5.74, 6) is 0.735. The number of hydrogen-bond acceptors (Lipinski definition) is 7. The van der Waals surface area contributed by atoms with Crippen molar-refractivity contribution >= 4 is 62.9 Å². The second kappa shape index (κ2) is 8.50. The lowest BCUT2D eigenvalue weighted by Crippen LogP contribution is -2.29. The molecule has 168 valence electrons. The van der Waals surface area contributed by atoms with E-state index in [1.54, 1.807) is 39.9 Å². The summed E-state index contributed by atoms with van der Waals surface area (Å²) >= 11 is 9.22. The summed E-state index contributed by atoms with van der Waals surface area (Å²) in [6.07, 6.45) is 3.04. The number of fused-ring (bicyclic) bond motifs is 2. The minimum atomic E-state index is -4.51. The summed E-state index contributed by atoms with van der Waals surface area (Å²) in [4.78, 5) is 10.3. The molecule has 0 amide bonds. The highest BCUT2D eigenvalue weighted by atomic mass is 79.9. The highest BCUT2D eigenvalue weighted by molar-refractivity contribution is 9.10. The van der Waals surface area contributed by atoms with Gasteiger partial charge in [0.05, 0.1) is 23.7 Å². The average Bonchev–Trinajstić information content (AvgIpc) is 3.19. The number of aromatic nitrogens is 5. The normalized spacial score (nSPS) is 15.2. The minimum absolute atomic E-state index is 0.0678. The smallest absolute Gasteiger partial charge is 0.291 e. The first kappa shape index (κ1) is 22.0. The number of halogens is 5. The molecule has 1 aliphatic heterocycles. The fraction of sp³-hybridized carbons (Fsp3) is 0.100. The third-order valence-corrected chi connectivity index (χ3v) is 6.15. The fourth-order valence-corrected chi connectivity index (χ4v) is 4.42. The molecule has 0 aliphatic carbocycles. The first-order valence-electron chi connectivity index (χ1n) is 9.38. The van der Waals surface area contributed by atoms with Gasteiger partial charge in [-0.25, -0.2) is 9.97 Å². The van der Waals surface area contributed by atoms with Crippen molar-refractivity contribution in [2.75, 3.05) is 9.62 Å². The lowest BCUT2D eigenvalue weighted by molar-refractivity contribution is -0.0324. The van der Waals surface area contributed by atoms with E-state index >= 15 is 0 Å². The van der Waals surface area contributed by atoms with Gasteiger partial charge in [-0.3, -0.25) is 14.2 Å². The Morgan fingerprint density at radius 2 is 1.88 bits per heavy atom. The molecule has 0 fully saturated rings. The Morgan fingerprint density at radius 3 is 2.61 bits per heavy atom. The van der Waals surface area contributed by atoms with Crippen molar-refractivity contribution in [1.29, 1.82) is 0 Å². The largest absolute Gasteiger partial charge is 0.461 e. The third kappa shape index (κ3) is 4.25. The van der Waals surface area contributed by atoms with Crippen LogP contribution in [0.2, 0.25) is 5.02 Å². The predicted molar refractivity (Wildman–Crippen MR) is 124 cm³/mol. The van der Waals surface area contributed by atoms with E-state index in [4.69, 9.17) is 11.6 Å². The van der Waals surface area contributed by atoms with Gasteiger partial charge in [0.25, 0.3) is 0 Å². The standard InChI is InChI=1S/C20H12BrClF3N7S/c21-12-6-4-11(5-7-12)16-15-9-26-10-27-17(15)31(14-3-1-2-13(22)8-14)19-29-28-18(32(16)19)30-33-20(23,24)25/h1-10,16H,(H,28,30). The topological polar surface area (TPSA) is 71.8 Å². The maximum atomic E-state index is 13.0. The van der Waals surface area contributed by atoms with E-state index in [9.17, 15) is 13.2 Å². The maximum Gasteiger partial charge on any atom is 0.461 e. The molecule has 13 heteroatoms. The summed E-state index contributed by atoms with van der Waals surface area (Å²) in [6.45, 7) is 0. The highest BCUT2D eigenvalue weighted by Crippen LogP contribution is 2.47. The van der Waals surface area contributed by atoms with E-state index in [1.165, 1.54) is 6.33 Å². The lowest BCUT2D eigenvalue weighted by atomic mass is 9.98. The van der Waals surface area contributed by atoms with Crippen LogP contribution in [0.3, 0.4) is 0 Å².